The zero-order valence-corrected chi connectivity index (χ0v) is 25.7. The highest BCUT2D eigenvalue weighted by molar-refractivity contribution is 6.32. The Balaban J connectivity index is 1.37. The Kier molecular flexibility index (Phi) is 6.83. The number of benzene rings is 3. The van der Waals surface area contributed by atoms with Crippen LogP contribution < -0.4 is 14.5 Å². The summed E-state index contributed by atoms with van der Waals surface area (Å²) in [6, 6.07) is 14.9. The van der Waals surface area contributed by atoms with Crippen LogP contribution in [-0.4, -0.2) is 35.8 Å². The first kappa shape index (κ1) is 29.5. The first-order valence-electron chi connectivity index (χ1n) is 14.5. The number of methoxy groups -OCH3 is 1. The van der Waals surface area contributed by atoms with E-state index in [1.54, 1.807) is 43.3 Å². The molecule has 3 fully saturated rings. The Morgan fingerprint density at radius 3 is 2.27 bits per heavy atom. The molecule has 3 aromatic rings. The zero-order valence-electron chi connectivity index (χ0n) is 24.2. The van der Waals surface area contributed by atoms with E-state index in [1.165, 1.54) is 30.2 Å². The fourth-order valence-electron chi connectivity index (χ4n) is 7.97. The summed E-state index contributed by atoms with van der Waals surface area (Å²) < 4.78 is 19.4. The van der Waals surface area contributed by atoms with E-state index >= 15 is 0 Å². The summed E-state index contributed by atoms with van der Waals surface area (Å²) in [7, 11) is 1.46. The van der Waals surface area contributed by atoms with Crippen LogP contribution in [0.1, 0.15) is 31.2 Å². The number of nitrogens with zero attached hydrogens (tertiary/aromatic N) is 2. The minimum atomic E-state index is -1.39. The highest BCUT2D eigenvalue weighted by Crippen LogP contribution is 2.64. The van der Waals surface area contributed by atoms with E-state index in [4.69, 9.17) is 27.9 Å². The maximum absolute atomic E-state index is 14.5. The number of carbonyl (C=O) groups is 4. The molecule has 11 heteroatoms. The van der Waals surface area contributed by atoms with Gasteiger partial charge in [-0.25, -0.2) is 9.29 Å². The Hall–Kier alpha value is -4.21. The van der Waals surface area contributed by atoms with E-state index in [1.807, 2.05) is 6.08 Å². The maximum Gasteiger partial charge on any atom is 0.241 e. The lowest BCUT2D eigenvalue weighted by Crippen LogP contribution is -2.48. The lowest BCUT2D eigenvalue weighted by Gasteiger charge is -2.49. The van der Waals surface area contributed by atoms with Crippen molar-refractivity contribution >= 4 is 58.2 Å². The van der Waals surface area contributed by atoms with Crippen LogP contribution in [0.3, 0.4) is 0 Å². The van der Waals surface area contributed by atoms with Crippen molar-refractivity contribution in [2.24, 2.45) is 29.1 Å². The third-order valence-electron chi connectivity index (χ3n) is 10.1. The molecule has 0 bridgehead atoms. The van der Waals surface area contributed by atoms with Crippen LogP contribution in [0, 0.1) is 34.9 Å². The highest BCUT2D eigenvalue weighted by Gasteiger charge is 2.68. The molecule has 6 unspecified atom stereocenters. The smallest absolute Gasteiger partial charge is 0.241 e. The first-order chi connectivity index (χ1) is 21.5. The minimum absolute atomic E-state index is 0.125. The van der Waals surface area contributed by atoms with Crippen molar-refractivity contribution in [2.45, 2.75) is 25.7 Å². The molecule has 3 aromatic carbocycles. The van der Waals surface area contributed by atoms with Gasteiger partial charge in [-0.1, -0.05) is 40.9 Å². The highest BCUT2D eigenvalue weighted by atomic mass is 35.5. The lowest BCUT2D eigenvalue weighted by molar-refractivity contribution is -0.131. The summed E-state index contributed by atoms with van der Waals surface area (Å²) in [6.07, 6.45) is 2.27. The van der Waals surface area contributed by atoms with Crippen molar-refractivity contribution in [1.29, 1.82) is 0 Å². The number of phenolic OH excluding ortho intramolecular Hbond substituents is 1. The van der Waals surface area contributed by atoms with Gasteiger partial charge in [0.1, 0.15) is 17.3 Å². The van der Waals surface area contributed by atoms with Gasteiger partial charge in [-0.2, -0.15) is 0 Å². The van der Waals surface area contributed by atoms with Crippen molar-refractivity contribution in [3.05, 3.63) is 93.7 Å². The summed E-state index contributed by atoms with van der Waals surface area (Å²) in [5, 5.41) is 11.5. The normalized spacial score (nSPS) is 29.0. The number of ether oxygens (including phenoxy) is 1. The Bertz CT molecular complexity index is 1840. The number of rotatable bonds is 4. The molecule has 2 heterocycles. The van der Waals surface area contributed by atoms with Gasteiger partial charge in [0, 0.05) is 22.6 Å². The quantitative estimate of drug-likeness (QED) is 0.264. The van der Waals surface area contributed by atoms with Crippen LogP contribution >= 0.6 is 23.2 Å². The number of anilines is 2. The number of hydrogen-bond donors (Lipinski definition) is 1. The van der Waals surface area contributed by atoms with Gasteiger partial charge in [0.15, 0.2) is 0 Å². The Morgan fingerprint density at radius 1 is 0.889 bits per heavy atom. The van der Waals surface area contributed by atoms with Gasteiger partial charge in [0.25, 0.3) is 0 Å². The van der Waals surface area contributed by atoms with Gasteiger partial charge in [0.05, 0.1) is 46.7 Å². The van der Waals surface area contributed by atoms with E-state index in [2.05, 4.69) is 0 Å². The average molecular weight is 650 g/mol. The van der Waals surface area contributed by atoms with Gasteiger partial charge in [-0.05, 0) is 74.2 Å². The molecule has 1 N–H and O–H groups in total. The number of phenols is 1. The number of aromatic hydroxyl groups is 1. The fourth-order valence-corrected chi connectivity index (χ4v) is 8.27. The molecule has 8 nitrogen and oxygen atoms in total. The van der Waals surface area contributed by atoms with Gasteiger partial charge in [0.2, 0.25) is 23.6 Å². The minimum Gasteiger partial charge on any atom is -0.508 e. The molecule has 4 aliphatic rings. The molecule has 4 amide bonds. The van der Waals surface area contributed by atoms with Gasteiger partial charge >= 0.3 is 0 Å². The van der Waals surface area contributed by atoms with Gasteiger partial charge in [-0.15, -0.1) is 0 Å². The third-order valence-corrected chi connectivity index (χ3v) is 10.6. The Morgan fingerprint density at radius 2 is 1.60 bits per heavy atom. The summed E-state index contributed by atoms with van der Waals surface area (Å²) in [4.78, 5) is 58.7. The number of fused-ring (bicyclic) bond motifs is 4. The largest absolute Gasteiger partial charge is 0.508 e. The summed E-state index contributed by atoms with van der Waals surface area (Å²) in [5.41, 5.74) is 0.252. The third kappa shape index (κ3) is 4.17. The van der Waals surface area contributed by atoms with Crippen molar-refractivity contribution in [3.63, 3.8) is 0 Å². The summed E-state index contributed by atoms with van der Waals surface area (Å²) >= 11 is 12.1. The molecule has 1 saturated carbocycles. The predicted molar refractivity (Wildman–Crippen MR) is 165 cm³/mol. The molecule has 6 atom stereocenters. The van der Waals surface area contributed by atoms with Crippen LogP contribution in [0.2, 0.25) is 10.0 Å². The maximum atomic E-state index is 14.5. The van der Waals surface area contributed by atoms with Crippen molar-refractivity contribution in [3.8, 4) is 11.5 Å². The molecular weight excluding hydrogens is 622 g/mol. The van der Waals surface area contributed by atoms with Crippen molar-refractivity contribution in [1.82, 2.24) is 0 Å². The molecule has 0 aromatic heterocycles. The van der Waals surface area contributed by atoms with E-state index in [9.17, 15) is 28.7 Å². The molecule has 45 heavy (non-hydrogen) atoms. The average Bonchev–Trinajstić information content (AvgIpc) is 3.39. The van der Waals surface area contributed by atoms with Crippen molar-refractivity contribution in [2.75, 3.05) is 16.9 Å². The standard InChI is InChI=1S/C34H27Cl2FN2O6/c1-34-24(31(42)39(33(34)44)18-7-12-26(37)25(36)13-18)15-23-20(29(34)21-9-8-19(45-2)14-27(21)40)10-11-22-28(23)32(43)38(30(22)41)17-5-3-16(35)4-6-17/h3-10,12-14,22-24,28-29,40H,11,15H2,1-2H3. The van der Waals surface area contributed by atoms with Crippen LogP contribution in [0.5, 0.6) is 11.5 Å². The molecule has 0 spiro atoms. The zero-order chi connectivity index (χ0) is 31.9. The molecule has 7 rings (SSSR count). The van der Waals surface area contributed by atoms with E-state index in [-0.39, 0.29) is 41.1 Å². The molecule has 230 valence electrons. The number of halogens is 3. The Labute approximate surface area is 268 Å². The van der Waals surface area contributed by atoms with E-state index < -0.39 is 52.6 Å². The number of imide groups is 2. The molecule has 0 radical (unpaired) electrons. The van der Waals surface area contributed by atoms with Crippen LogP contribution in [0.15, 0.2) is 72.3 Å². The number of allylic oxidation sites excluding steroid dienone is 2. The summed E-state index contributed by atoms with van der Waals surface area (Å²) in [5.74, 6) is -5.96. The number of hydrogen-bond acceptors (Lipinski definition) is 6. The van der Waals surface area contributed by atoms with Gasteiger partial charge in [-0.3, -0.25) is 24.1 Å². The fraction of sp³-hybridized carbons (Fsp3) is 0.294. The van der Waals surface area contributed by atoms with Gasteiger partial charge < -0.3 is 9.84 Å². The second kappa shape index (κ2) is 10.4. The first-order valence-corrected chi connectivity index (χ1v) is 15.3. The lowest BCUT2D eigenvalue weighted by atomic mass is 9.51. The van der Waals surface area contributed by atoms with E-state index in [0.29, 0.717) is 22.0 Å². The summed E-state index contributed by atoms with van der Waals surface area (Å²) in [6.45, 7) is 1.70. The second-order valence-corrected chi connectivity index (χ2v) is 13.0. The van der Waals surface area contributed by atoms with E-state index in [0.717, 1.165) is 16.5 Å². The topological polar surface area (TPSA) is 104 Å². The molecule has 2 aliphatic carbocycles. The molecular formula is C34H27Cl2FN2O6. The monoisotopic (exact) mass is 648 g/mol. The molecule has 2 saturated heterocycles. The molecule has 2 aliphatic heterocycles. The van der Waals surface area contributed by atoms with Crippen LogP contribution in [0.25, 0.3) is 0 Å². The SMILES string of the molecule is COc1ccc(C2C3=CCC4C(=O)N(c5ccc(Cl)cc5)C(=O)C4C3CC3C(=O)N(c4ccc(F)c(Cl)c4)C(=O)C32C)c(O)c1. The second-order valence-electron chi connectivity index (χ2n) is 12.2. The predicted octanol–water partition coefficient (Wildman–Crippen LogP) is 6.28. The van der Waals surface area contributed by atoms with Crippen molar-refractivity contribution < 1.29 is 33.4 Å². The number of amides is 4. The van der Waals surface area contributed by atoms with Crippen LogP contribution in [0.4, 0.5) is 15.8 Å². The van der Waals surface area contributed by atoms with Crippen LogP contribution in [-0.2, 0) is 19.2 Å². The number of carbonyl (C=O) groups excluding carboxylic acids is 4.